The van der Waals surface area contributed by atoms with Crippen LogP contribution in [-0.4, -0.2) is 47.8 Å². The predicted molar refractivity (Wildman–Crippen MR) is 100.0 cm³/mol. The Morgan fingerprint density at radius 1 is 1.15 bits per heavy atom. The summed E-state index contributed by atoms with van der Waals surface area (Å²) in [6, 6.07) is 15.0. The quantitative estimate of drug-likeness (QED) is 0.904. The van der Waals surface area contributed by atoms with Gasteiger partial charge in [0.25, 0.3) is 5.91 Å². The molecule has 2 aromatic carbocycles. The van der Waals surface area contributed by atoms with Gasteiger partial charge in [0.05, 0.1) is 6.04 Å². The molecule has 5 nitrogen and oxygen atoms in total. The van der Waals surface area contributed by atoms with E-state index < -0.39 is 0 Å². The first-order chi connectivity index (χ1) is 12.6. The molecule has 2 aromatic rings. The molecule has 0 aliphatic carbocycles. The van der Waals surface area contributed by atoms with Gasteiger partial charge in [-0.3, -0.25) is 9.59 Å². The summed E-state index contributed by atoms with van der Waals surface area (Å²) in [7, 11) is 0. The molecule has 1 saturated heterocycles. The summed E-state index contributed by atoms with van der Waals surface area (Å²) in [5.74, 6) is -0.115. The van der Waals surface area contributed by atoms with E-state index in [1.54, 1.807) is 4.90 Å². The van der Waals surface area contributed by atoms with Crippen LogP contribution in [0.5, 0.6) is 0 Å². The standard InChI is InChI=1S/C20H20ClN3O2/c21-17-8-4-3-7-16(17)18-11-22-9-10-24(18)19(25)13-23-12-14-5-1-2-6-15(14)20(23)26/h1-8,18,22H,9-13H2. The molecule has 2 aliphatic rings. The molecule has 1 unspecified atom stereocenters. The molecule has 0 bridgehead atoms. The predicted octanol–water partition coefficient (Wildman–Crippen LogP) is 2.47. The molecule has 0 radical (unpaired) electrons. The third-order valence-electron chi connectivity index (χ3n) is 5.05. The smallest absolute Gasteiger partial charge is 0.254 e. The van der Waals surface area contributed by atoms with E-state index in [0.29, 0.717) is 30.2 Å². The molecule has 4 rings (SSSR count). The monoisotopic (exact) mass is 369 g/mol. The number of benzene rings is 2. The number of fused-ring (bicyclic) bond motifs is 1. The van der Waals surface area contributed by atoms with Crippen LogP contribution in [0.2, 0.25) is 5.02 Å². The fraction of sp³-hybridized carbons (Fsp3) is 0.300. The van der Waals surface area contributed by atoms with Crippen molar-refractivity contribution in [1.29, 1.82) is 0 Å². The van der Waals surface area contributed by atoms with Crippen LogP contribution in [0.25, 0.3) is 0 Å². The number of halogens is 1. The van der Waals surface area contributed by atoms with Crippen LogP contribution in [0.4, 0.5) is 0 Å². The normalized spacial score (nSPS) is 19.6. The second-order valence-corrected chi connectivity index (χ2v) is 7.05. The molecule has 1 fully saturated rings. The number of nitrogens with one attached hydrogen (secondary N) is 1. The summed E-state index contributed by atoms with van der Waals surface area (Å²) in [5, 5.41) is 3.99. The van der Waals surface area contributed by atoms with E-state index in [2.05, 4.69) is 5.32 Å². The fourth-order valence-electron chi connectivity index (χ4n) is 3.72. The zero-order chi connectivity index (χ0) is 18.1. The number of hydrogen-bond donors (Lipinski definition) is 1. The lowest BCUT2D eigenvalue weighted by Gasteiger charge is -2.37. The summed E-state index contributed by atoms with van der Waals surface area (Å²) in [4.78, 5) is 29.0. The third-order valence-corrected chi connectivity index (χ3v) is 5.39. The zero-order valence-electron chi connectivity index (χ0n) is 14.3. The molecule has 0 spiro atoms. The number of rotatable bonds is 3. The van der Waals surface area contributed by atoms with E-state index in [0.717, 1.165) is 17.7 Å². The molecule has 26 heavy (non-hydrogen) atoms. The molecule has 2 aliphatic heterocycles. The van der Waals surface area contributed by atoms with E-state index in [1.165, 1.54) is 0 Å². The molecule has 6 heteroatoms. The van der Waals surface area contributed by atoms with E-state index in [4.69, 9.17) is 11.6 Å². The molecule has 0 aromatic heterocycles. The van der Waals surface area contributed by atoms with Crippen molar-refractivity contribution < 1.29 is 9.59 Å². The number of carbonyl (C=O) groups excluding carboxylic acids is 2. The van der Waals surface area contributed by atoms with Crippen molar-refractivity contribution in [3.05, 3.63) is 70.2 Å². The first-order valence-corrected chi connectivity index (χ1v) is 9.15. The van der Waals surface area contributed by atoms with Crippen LogP contribution in [0, 0.1) is 0 Å². The van der Waals surface area contributed by atoms with E-state index >= 15 is 0 Å². The maximum absolute atomic E-state index is 13.0. The van der Waals surface area contributed by atoms with Crippen molar-refractivity contribution in [2.24, 2.45) is 0 Å². The van der Waals surface area contributed by atoms with Gasteiger partial charge in [0.1, 0.15) is 6.54 Å². The Balaban J connectivity index is 1.52. The highest BCUT2D eigenvalue weighted by molar-refractivity contribution is 6.31. The number of amides is 2. The summed E-state index contributed by atoms with van der Waals surface area (Å²) in [6.45, 7) is 2.58. The Hall–Kier alpha value is -2.37. The van der Waals surface area contributed by atoms with Crippen LogP contribution in [-0.2, 0) is 11.3 Å². The Bertz CT molecular complexity index is 854. The number of carbonyl (C=O) groups is 2. The summed E-state index contributed by atoms with van der Waals surface area (Å²) >= 11 is 6.35. The van der Waals surface area contributed by atoms with Gasteiger partial charge in [0, 0.05) is 36.8 Å². The summed E-state index contributed by atoms with van der Waals surface area (Å²) in [5.41, 5.74) is 2.61. The lowest BCUT2D eigenvalue weighted by molar-refractivity contribution is -0.135. The van der Waals surface area contributed by atoms with Crippen LogP contribution >= 0.6 is 11.6 Å². The van der Waals surface area contributed by atoms with Gasteiger partial charge in [-0.05, 0) is 23.3 Å². The van der Waals surface area contributed by atoms with Crippen LogP contribution in [0.15, 0.2) is 48.5 Å². The van der Waals surface area contributed by atoms with Crippen LogP contribution in [0.3, 0.4) is 0 Å². The van der Waals surface area contributed by atoms with Crippen LogP contribution in [0.1, 0.15) is 27.5 Å². The van der Waals surface area contributed by atoms with Crippen molar-refractivity contribution in [3.8, 4) is 0 Å². The Morgan fingerprint density at radius 2 is 1.92 bits per heavy atom. The minimum Gasteiger partial charge on any atom is -0.331 e. The van der Waals surface area contributed by atoms with Crippen LogP contribution < -0.4 is 5.32 Å². The second-order valence-electron chi connectivity index (χ2n) is 6.65. The van der Waals surface area contributed by atoms with Gasteiger partial charge in [-0.25, -0.2) is 0 Å². The Kier molecular flexibility index (Phi) is 4.66. The van der Waals surface area contributed by atoms with Crippen molar-refractivity contribution >= 4 is 23.4 Å². The Labute approximate surface area is 157 Å². The van der Waals surface area contributed by atoms with E-state index in [9.17, 15) is 9.59 Å². The maximum atomic E-state index is 13.0. The fourth-order valence-corrected chi connectivity index (χ4v) is 3.98. The third kappa shape index (κ3) is 3.08. The van der Waals surface area contributed by atoms with Gasteiger partial charge in [0.2, 0.25) is 5.91 Å². The lowest BCUT2D eigenvalue weighted by Crippen LogP contribution is -2.51. The first-order valence-electron chi connectivity index (χ1n) is 8.77. The van der Waals surface area contributed by atoms with Gasteiger partial charge in [-0.15, -0.1) is 0 Å². The average molecular weight is 370 g/mol. The summed E-state index contributed by atoms with van der Waals surface area (Å²) in [6.07, 6.45) is 0. The largest absolute Gasteiger partial charge is 0.331 e. The van der Waals surface area contributed by atoms with Crippen molar-refractivity contribution in [2.75, 3.05) is 26.2 Å². The number of piperazine rings is 1. The van der Waals surface area contributed by atoms with Crippen molar-refractivity contribution in [3.63, 3.8) is 0 Å². The maximum Gasteiger partial charge on any atom is 0.254 e. The molecular formula is C20H20ClN3O2. The molecule has 1 N–H and O–H groups in total. The molecule has 0 saturated carbocycles. The molecule has 2 heterocycles. The van der Waals surface area contributed by atoms with Gasteiger partial charge in [-0.1, -0.05) is 48.0 Å². The molecule has 134 valence electrons. The van der Waals surface area contributed by atoms with Gasteiger partial charge in [0.15, 0.2) is 0 Å². The van der Waals surface area contributed by atoms with Gasteiger partial charge in [-0.2, -0.15) is 0 Å². The molecule has 2 amide bonds. The van der Waals surface area contributed by atoms with Crippen molar-refractivity contribution in [1.82, 2.24) is 15.1 Å². The minimum atomic E-state index is -0.120. The molecular weight excluding hydrogens is 350 g/mol. The SMILES string of the molecule is O=C1c2ccccc2CN1CC(=O)N1CCNCC1c1ccccc1Cl. The molecule has 1 atom stereocenters. The first kappa shape index (κ1) is 17.1. The topological polar surface area (TPSA) is 52.7 Å². The van der Waals surface area contributed by atoms with Gasteiger partial charge >= 0.3 is 0 Å². The highest BCUT2D eigenvalue weighted by Crippen LogP contribution is 2.29. The van der Waals surface area contributed by atoms with Crippen molar-refractivity contribution in [2.45, 2.75) is 12.6 Å². The number of hydrogen-bond acceptors (Lipinski definition) is 3. The lowest BCUT2D eigenvalue weighted by atomic mass is 10.0. The average Bonchev–Trinajstić information content (AvgIpc) is 2.98. The second kappa shape index (κ2) is 7.09. The Morgan fingerprint density at radius 3 is 2.73 bits per heavy atom. The highest BCUT2D eigenvalue weighted by Gasteiger charge is 2.33. The minimum absolute atomic E-state index is 0.0439. The highest BCUT2D eigenvalue weighted by atomic mass is 35.5. The van der Waals surface area contributed by atoms with E-state index in [1.807, 2.05) is 53.4 Å². The summed E-state index contributed by atoms with van der Waals surface area (Å²) < 4.78 is 0. The number of nitrogens with zero attached hydrogens (tertiary/aromatic N) is 2. The zero-order valence-corrected chi connectivity index (χ0v) is 15.1. The van der Waals surface area contributed by atoms with Gasteiger partial charge < -0.3 is 15.1 Å². The van der Waals surface area contributed by atoms with E-state index in [-0.39, 0.29) is 24.4 Å².